The molecule has 5 nitrogen and oxygen atoms in total. The van der Waals surface area contributed by atoms with Gasteiger partial charge in [-0.05, 0) is 6.42 Å². The van der Waals surface area contributed by atoms with Crippen molar-refractivity contribution in [2.24, 2.45) is 0 Å². The zero-order valence-electron chi connectivity index (χ0n) is 7.80. The number of hydrogen-bond acceptors (Lipinski definition) is 5. The molecular formula is C9H13N3O2. The van der Waals surface area contributed by atoms with E-state index in [9.17, 15) is 5.11 Å². The van der Waals surface area contributed by atoms with Crippen LogP contribution >= 0.6 is 0 Å². The third kappa shape index (κ3) is 1.83. The normalized spacial score (nSPS) is 21.6. The fourth-order valence-electron chi connectivity index (χ4n) is 1.52. The third-order valence-corrected chi connectivity index (χ3v) is 2.32. The molecular weight excluding hydrogens is 182 g/mol. The highest BCUT2D eigenvalue weighted by Crippen LogP contribution is 2.15. The number of rotatable bonds is 2. The molecule has 1 aromatic heterocycles. The SMILES string of the molecule is OCc1cnc(N2CC[C@@H](O)C2)nc1. The monoisotopic (exact) mass is 195 g/mol. The highest BCUT2D eigenvalue weighted by Gasteiger charge is 2.21. The van der Waals surface area contributed by atoms with E-state index in [1.165, 1.54) is 0 Å². The summed E-state index contributed by atoms with van der Waals surface area (Å²) in [5.41, 5.74) is 0.702. The lowest BCUT2D eigenvalue weighted by Gasteiger charge is -2.14. The van der Waals surface area contributed by atoms with Gasteiger partial charge in [-0.3, -0.25) is 0 Å². The lowest BCUT2D eigenvalue weighted by molar-refractivity contribution is 0.198. The second kappa shape index (κ2) is 3.89. The molecule has 14 heavy (non-hydrogen) atoms. The van der Waals surface area contributed by atoms with Crippen molar-refractivity contribution in [2.45, 2.75) is 19.1 Å². The molecule has 0 amide bonds. The summed E-state index contributed by atoms with van der Waals surface area (Å²) in [5.74, 6) is 0.624. The predicted octanol–water partition coefficient (Wildman–Crippen LogP) is -0.460. The lowest BCUT2D eigenvalue weighted by atomic mass is 10.3. The molecule has 0 spiro atoms. The molecule has 0 bridgehead atoms. The van der Waals surface area contributed by atoms with Gasteiger partial charge in [0.05, 0.1) is 12.7 Å². The van der Waals surface area contributed by atoms with Crippen LogP contribution in [0, 0.1) is 0 Å². The molecule has 5 heteroatoms. The van der Waals surface area contributed by atoms with Crippen molar-refractivity contribution in [2.75, 3.05) is 18.0 Å². The molecule has 0 radical (unpaired) electrons. The van der Waals surface area contributed by atoms with E-state index in [0.717, 1.165) is 13.0 Å². The second-order valence-electron chi connectivity index (χ2n) is 3.44. The van der Waals surface area contributed by atoms with Crippen LogP contribution in [0.25, 0.3) is 0 Å². The molecule has 1 aliphatic heterocycles. The molecule has 0 aliphatic carbocycles. The quantitative estimate of drug-likeness (QED) is 0.668. The Bertz CT molecular complexity index is 301. The van der Waals surface area contributed by atoms with Gasteiger partial charge in [0.1, 0.15) is 0 Å². The predicted molar refractivity (Wildman–Crippen MR) is 50.8 cm³/mol. The molecule has 0 unspecified atom stereocenters. The molecule has 2 N–H and O–H groups in total. The Morgan fingerprint density at radius 3 is 2.64 bits per heavy atom. The van der Waals surface area contributed by atoms with Crippen molar-refractivity contribution >= 4 is 5.95 Å². The van der Waals surface area contributed by atoms with Crippen LogP contribution in [-0.4, -0.2) is 39.4 Å². The first-order chi connectivity index (χ1) is 6.79. The van der Waals surface area contributed by atoms with Gasteiger partial charge in [0.25, 0.3) is 0 Å². The van der Waals surface area contributed by atoms with Crippen molar-refractivity contribution < 1.29 is 10.2 Å². The van der Waals surface area contributed by atoms with E-state index in [4.69, 9.17) is 5.11 Å². The average Bonchev–Trinajstić information content (AvgIpc) is 2.65. The highest BCUT2D eigenvalue weighted by molar-refractivity contribution is 5.31. The number of aromatic nitrogens is 2. The fourth-order valence-corrected chi connectivity index (χ4v) is 1.52. The highest BCUT2D eigenvalue weighted by atomic mass is 16.3. The first-order valence-electron chi connectivity index (χ1n) is 4.64. The van der Waals surface area contributed by atoms with Gasteiger partial charge in [-0.2, -0.15) is 0 Å². The van der Waals surface area contributed by atoms with Gasteiger partial charge >= 0.3 is 0 Å². The molecule has 2 rings (SSSR count). The van der Waals surface area contributed by atoms with Crippen LogP contribution in [0.2, 0.25) is 0 Å². The van der Waals surface area contributed by atoms with Crippen LogP contribution in [0.4, 0.5) is 5.95 Å². The summed E-state index contributed by atoms with van der Waals surface area (Å²) in [4.78, 5) is 10.2. The maximum atomic E-state index is 9.32. The lowest BCUT2D eigenvalue weighted by Crippen LogP contribution is -2.23. The van der Waals surface area contributed by atoms with Crippen LogP contribution in [0.5, 0.6) is 0 Å². The van der Waals surface area contributed by atoms with E-state index in [1.54, 1.807) is 12.4 Å². The molecule has 0 saturated carbocycles. The smallest absolute Gasteiger partial charge is 0.225 e. The standard InChI is InChI=1S/C9H13N3O2/c13-6-7-3-10-9(11-4-7)12-2-1-8(14)5-12/h3-4,8,13-14H,1-2,5-6H2/t8-/m1/s1. The zero-order valence-corrected chi connectivity index (χ0v) is 7.80. The van der Waals surface area contributed by atoms with Gasteiger partial charge < -0.3 is 15.1 Å². The van der Waals surface area contributed by atoms with Gasteiger partial charge in [-0.15, -0.1) is 0 Å². The van der Waals surface area contributed by atoms with Crippen LogP contribution in [0.15, 0.2) is 12.4 Å². The van der Waals surface area contributed by atoms with E-state index >= 15 is 0 Å². The fraction of sp³-hybridized carbons (Fsp3) is 0.556. The maximum absolute atomic E-state index is 9.32. The topological polar surface area (TPSA) is 69.5 Å². The minimum absolute atomic E-state index is 0.0388. The van der Waals surface area contributed by atoms with E-state index in [-0.39, 0.29) is 12.7 Å². The van der Waals surface area contributed by atoms with Crippen molar-refractivity contribution in [3.8, 4) is 0 Å². The van der Waals surface area contributed by atoms with Crippen molar-refractivity contribution in [1.82, 2.24) is 9.97 Å². The van der Waals surface area contributed by atoms with Crippen LogP contribution in [0.3, 0.4) is 0 Å². The number of hydrogen-bond donors (Lipinski definition) is 2. The number of aliphatic hydroxyl groups is 2. The Kier molecular flexibility index (Phi) is 2.60. The Morgan fingerprint density at radius 1 is 1.43 bits per heavy atom. The van der Waals surface area contributed by atoms with Crippen LogP contribution in [0.1, 0.15) is 12.0 Å². The Morgan fingerprint density at radius 2 is 2.14 bits per heavy atom. The average molecular weight is 195 g/mol. The molecule has 0 aromatic carbocycles. The number of aliphatic hydroxyl groups excluding tert-OH is 2. The zero-order chi connectivity index (χ0) is 9.97. The van der Waals surface area contributed by atoms with Gasteiger partial charge in [-0.25, -0.2) is 9.97 Å². The van der Waals surface area contributed by atoms with E-state index in [2.05, 4.69) is 9.97 Å². The van der Waals surface area contributed by atoms with Gasteiger partial charge in [-0.1, -0.05) is 0 Å². The van der Waals surface area contributed by atoms with Gasteiger partial charge in [0.15, 0.2) is 0 Å². The minimum atomic E-state index is -0.267. The summed E-state index contributed by atoms with van der Waals surface area (Å²) in [5, 5.41) is 18.1. The largest absolute Gasteiger partial charge is 0.392 e. The molecule has 1 aliphatic rings. The van der Waals surface area contributed by atoms with E-state index < -0.39 is 0 Å². The first-order valence-corrected chi connectivity index (χ1v) is 4.64. The molecule has 1 fully saturated rings. The van der Waals surface area contributed by atoms with Crippen molar-refractivity contribution in [3.05, 3.63) is 18.0 Å². The van der Waals surface area contributed by atoms with E-state index in [0.29, 0.717) is 18.1 Å². The number of β-amino-alcohol motifs (C(OH)–C–C–N with tert-alkyl or cyclic N) is 1. The Balaban J connectivity index is 2.09. The Hall–Kier alpha value is -1.20. The summed E-state index contributed by atoms with van der Waals surface area (Å²) in [6.45, 7) is 1.35. The van der Waals surface area contributed by atoms with Crippen LogP contribution in [-0.2, 0) is 6.61 Å². The summed E-state index contributed by atoms with van der Waals surface area (Å²) in [7, 11) is 0. The summed E-state index contributed by atoms with van der Waals surface area (Å²) in [6, 6.07) is 0. The third-order valence-electron chi connectivity index (χ3n) is 2.32. The number of anilines is 1. The Labute approximate surface area is 82.0 Å². The molecule has 76 valence electrons. The first kappa shape index (κ1) is 9.36. The van der Waals surface area contributed by atoms with Crippen LogP contribution < -0.4 is 4.90 Å². The summed E-state index contributed by atoms with van der Waals surface area (Å²) in [6.07, 6.45) is 3.71. The molecule has 1 atom stereocenters. The van der Waals surface area contributed by atoms with Gasteiger partial charge in [0.2, 0.25) is 5.95 Å². The van der Waals surface area contributed by atoms with Crippen molar-refractivity contribution in [1.29, 1.82) is 0 Å². The minimum Gasteiger partial charge on any atom is -0.392 e. The number of nitrogens with zero attached hydrogens (tertiary/aromatic N) is 3. The molecule has 1 aromatic rings. The summed E-state index contributed by atoms with van der Waals surface area (Å²) >= 11 is 0. The van der Waals surface area contributed by atoms with Gasteiger partial charge in [0, 0.05) is 31.0 Å². The van der Waals surface area contributed by atoms with Crippen molar-refractivity contribution in [3.63, 3.8) is 0 Å². The summed E-state index contributed by atoms with van der Waals surface area (Å²) < 4.78 is 0. The molecule has 2 heterocycles. The second-order valence-corrected chi connectivity index (χ2v) is 3.44. The molecule has 1 saturated heterocycles. The maximum Gasteiger partial charge on any atom is 0.225 e. The van der Waals surface area contributed by atoms with E-state index in [1.807, 2.05) is 4.90 Å².